The van der Waals surface area contributed by atoms with E-state index in [9.17, 15) is 9.59 Å². The van der Waals surface area contributed by atoms with Crippen LogP contribution >= 0.6 is 0 Å². The van der Waals surface area contributed by atoms with Gasteiger partial charge in [0.1, 0.15) is 0 Å². The molecule has 8 heteroatoms. The largest absolute Gasteiger partial charge is 0.465 e. The van der Waals surface area contributed by atoms with Gasteiger partial charge in [0.2, 0.25) is 0 Å². The number of pyridine rings is 2. The summed E-state index contributed by atoms with van der Waals surface area (Å²) in [6, 6.07) is 3.60. The zero-order valence-corrected chi connectivity index (χ0v) is 18.2. The number of ether oxygens (including phenoxy) is 4. The fourth-order valence-corrected chi connectivity index (χ4v) is 3.27. The minimum atomic E-state index is -0.359. The molecule has 0 fully saturated rings. The van der Waals surface area contributed by atoms with Crippen LogP contribution < -0.4 is 0 Å². The van der Waals surface area contributed by atoms with Gasteiger partial charge in [-0.15, -0.1) is 0 Å². The summed E-state index contributed by atoms with van der Waals surface area (Å²) in [5.41, 5.74) is 5.23. The molecule has 8 nitrogen and oxygen atoms in total. The van der Waals surface area contributed by atoms with Crippen LogP contribution in [-0.2, 0) is 18.9 Å². The van der Waals surface area contributed by atoms with Crippen molar-refractivity contribution in [2.45, 2.75) is 12.8 Å². The number of methoxy groups -OCH3 is 2. The summed E-state index contributed by atoms with van der Waals surface area (Å²) in [5.74, 6) is -0.719. The molecule has 0 amide bonds. The van der Waals surface area contributed by atoms with Gasteiger partial charge in [0.05, 0.1) is 51.8 Å². The zero-order chi connectivity index (χ0) is 22.8. The Kier molecular flexibility index (Phi) is 8.65. The summed E-state index contributed by atoms with van der Waals surface area (Å²) in [4.78, 5) is 30.8. The lowest BCUT2D eigenvalue weighted by molar-refractivity contribution is 0.0591. The number of carbonyl (C=O) groups excluding carboxylic acids is 2. The fraction of sp³-hybridized carbons (Fsp3) is 0.333. The van der Waals surface area contributed by atoms with E-state index in [1.807, 2.05) is 12.2 Å². The first-order chi connectivity index (χ1) is 15.6. The third-order valence-corrected chi connectivity index (χ3v) is 4.99. The molecule has 0 aromatic carbocycles. The Bertz CT molecular complexity index is 934. The second kappa shape index (κ2) is 11.9. The molecule has 0 saturated heterocycles. The smallest absolute Gasteiger partial charge is 0.339 e. The molecule has 32 heavy (non-hydrogen) atoms. The van der Waals surface area contributed by atoms with Crippen molar-refractivity contribution < 1.29 is 28.5 Å². The Morgan fingerprint density at radius 2 is 1.19 bits per heavy atom. The lowest BCUT2D eigenvalue weighted by atomic mass is 10.0. The fourth-order valence-electron chi connectivity index (χ4n) is 3.27. The summed E-state index contributed by atoms with van der Waals surface area (Å²) in [6.45, 7) is 2.68. The molecule has 0 N–H and O–H groups in total. The van der Waals surface area contributed by atoms with E-state index in [0.29, 0.717) is 37.6 Å². The summed E-state index contributed by atoms with van der Waals surface area (Å²) in [7, 11) is 2.73. The van der Waals surface area contributed by atoms with Crippen molar-refractivity contribution >= 4 is 23.1 Å². The Labute approximate surface area is 186 Å². The van der Waals surface area contributed by atoms with E-state index in [1.165, 1.54) is 37.8 Å². The first-order valence-corrected chi connectivity index (χ1v) is 10.2. The normalized spacial score (nSPS) is 15.4. The van der Waals surface area contributed by atoms with Gasteiger partial charge in [-0.05, 0) is 47.2 Å². The minimum Gasteiger partial charge on any atom is -0.465 e. The van der Waals surface area contributed by atoms with E-state index in [2.05, 4.69) is 19.4 Å². The number of esters is 2. The van der Waals surface area contributed by atoms with Crippen molar-refractivity contribution in [1.82, 2.24) is 9.97 Å². The van der Waals surface area contributed by atoms with Gasteiger partial charge in [-0.3, -0.25) is 9.97 Å². The van der Waals surface area contributed by atoms with Crippen LogP contribution in [0.1, 0.15) is 44.7 Å². The second-order valence-corrected chi connectivity index (χ2v) is 7.02. The molecule has 2 aromatic heterocycles. The first-order valence-electron chi connectivity index (χ1n) is 10.2. The minimum absolute atomic E-state index is 0.359. The summed E-state index contributed by atoms with van der Waals surface area (Å²) < 4.78 is 19.8. The maximum atomic E-state index is 11.3. The molecule has 168 valence electrons. The summed E-state index contributed by atoms with van der Waals surface area (Å²) >= 11 is 0. The maximum absolute atomic E-state index is 11.3. The molecule has 0 atom stereocenters. The highest BCUT2D eigenvalue weighted by atomic mass is 16.5. The van der Waals surface area contributed by atoms with E-state index < -0.39 is 0 Å². The third-order valence-electron chi connectivity index (χ3n) is 4.99. The molecule has 4 heterocycles. The highest BCUT2D eigenvalue weighted by molar-refractivity contribution is 5.90. The Hall–Kier alpha value is -3.36. The highest BCUT2D eigenvalue weighted by Crippen LogP contribution is 2.22. The third kappa shape index (κ3) is 6.32. The molecule has 0 spiro atoms. The van der Waals surface area contributed by atoms with Gasteiger partial charge in [-0.2, -0.15) is 0 Å². The molecule has 0 unspecified atom stereocenters. The Morgan fingerprint density at radius 3 is 1.53 bits per heavy atom. The molecule has 0 saturated carbocycles. The van der Waals surface area contributed by atoms with Crippen molar-refractivity contribution in [2.75, 3.05) is 40.6 Å². The summed E-state index contributed by atoms with van der Waals surface area (Å²) in [6.07, 6.45) is 12.3. The molecular weight excluding hydrogens is 412 g/mol. The van der Waals surface area contributed by atoms with Crippen LogP contribution in [0, 0.1) is 0 Å². The van der Waals surface area contributed by atoms with Crippen molar-refractivity contribution in [3.63, 3.8) is 0 Å². The van der Waals surface area contributed by atoms with Crippen molar-refractivity contribution in [2.24, 2.45) is 0 Å². The number of rotatable bonds is 4. The number of aromatic nitrogens is 2. The maximum Gasteiger partial charge on any atom is 0.339 e. The number of carbonyl (C=O) groups is 2. The van der Waals surface area contributed by atoms with Gasteiger partial charge in [-0.1, -0.05) is 12.2 Å². The van der Waals surface area contributed by atoms with Crippen LogP contribution in [0.4, 0.5) is 0 Å². The molecule has 2 aromatic rings. The molecule has 0 radical (unpaired) electrons. The SMILES string of the molecule is COC(=O)c1cncc(C2=CCOCC2)c1.COC(=O)c1cncc(C2=CCOCC2)c1. The van der Waals surface area contributed by atoms with Gasteiger partial charge in [-0.25, -0.2) is 9.59 Å². The van der Waals surface area contributed by atoms with Crippen molar-refractivity contribution in [3.05, 3.63) is 71.3 Å². The van der Waals surface area contributed by atoms with E-state index in [1.54, 1.807) is 24.5 Å². The summed E-state index contributed by atoms with van der Waals surface area (Å²) in [5, 5.41) is 0. The molecule has 4 rings (SSSR count). The van der Waals surface area contributed by atoms with Crippen molar-refractivity contribution in [1.29, 1.82) is 0 Å². The molecule has 2 aliphatic rings. The van der Waals surface area contributed by atoms with E-state index in [4.69, 9.17) is 9.47 Å². The topological polar surface area (TPSA) is 96.8 Å². The van der Waals surface area contributed by atoms with Crippen LogP contribution in [0.5, 0.6) is 0 Å². The van der Waals surface area contributed by atoms with Gasteiger partial charge < -0.3 is 18.9 Å². The highest BCUT2D eigenvalue weighted by Gasteiger charge is 2.12. The van der Waals surface area contributed by atoms with Gasteiger partial charge in [0, 0.05) is 24.8 Å². The van der Waals surface area contributed by atoms with E-state index in [0.717, 1.165) is 24.0 Å². The van der Waals surface area contributed by atoms with Crippen LogP contribution in [0.2, 0.25) is 0 Å². The molecule has 2 aliphatic heterocycles. The van der Waals surface area contributed by atoms with Crippen LogP contribution in [0.3, 0.4) is 0 Å². The van der Waals surface area contributed by atoms with E-state index in [-0.39, 0.29) is 11.9 Å². The van der Waals surface area contributed by atoms with Gasteiger partial charge >= 0.3 is 11.9 Å². The van der Waals surface area contributed by atoms with E-state index >= 15 is 0 Å². The lowest BCUT2D eigenvalue weighted by Crippen LogP contribution is -2.06. The Morgan fingerprint density at radius 1 is 0.750 bits per heavy atom. The van der Waals surface area contributed by atoms with Crippen LogP contribution in [0.25, 0.3) is 11.1 Å². The number of nitrogens with zero attached hydrogens (tertiary/aromatic N) is 2. The standard InChI is InChI=1S/2C12H13NO3/c2*1-15-12(14)11-6-10(7-13-8-11)9-2-4-16-5-3-9/h2*2,6-8H,3-5H2,1H3. The van der Waals surface area contributed by atoms with Crippen molar-refractivity contribution in [3.8, 4) is 0 Å². The van der Waals surface area contributed by atoms with Crippen LogP contribution in [-0.4, -0.2) is 62.6 Å². The average molecular weight is 438 g/mol. The van der Waals surface area contributed by atoms with Gasteiger partial charge in [0.25, 0.3) is 0 Å². The number of hydrogen-bond donors (Lipinski definition) is 0. The predicted octanol–water partition coefficient (Wildman–Crippen LogP) is 3.34. The second-order valence-electron chi connectivity index (χ2n) is 7.02. The number of hydrogen-bond acceptors (Lipinski definition) is 8. The lowest BCUT2D eigenvalue weighted by Gasteiger charge is -2.13. The quantitative estimate of drug-likeness (QED) is 0.671. The Balaban J connectivity index is 0.000000181. The molecule has 0 aliphatic carbocycles. The monoisotopic (exact) mass is 438 g/mol. The first kappa shape index (κ1) is 23.3. The zero-order valence-electron chi connectivity index (χ0n) is 18.2. The van der Waals surface area contributed by atoms with Crippen LogP contribution in [0.15, 0.2) is 49.1 Å². The molecular formula is C24H26N2O6. The average Bonchev–Trinajstić information content (AvgIpc) is 2.89. The molecule has 0 bridgehead atoms. The van der Waals surface area contributed by atoms with Gasteiger partial charge in [0.15, 0.2) is 0 Å². The predicted molar refractivity (Wildman–Crippen MR) is 118 cm³/mol.